The van der Waals surface area contributed by atoms with Gasteiger partial charge < -0.3 is 9.84 Å². The summed E-state index contributed by atoms with van der Waals surface area (Å²) < 4.78 is 29.5. The van der Waals surface area contributed by atoms with Crippen molar-refractivity contribution < 1.29 is 23.1 Å². The molecule has 2 aromatic carbocycles. The standard InChI is InChI=1S/C20H24N2O2.C7H5NO3S/c1-3-13-12-22-9-7-14(13)10-19(22)20(23)16-6-8-21-18-5-4-15(24-2)11-17(16)18;9-7-5-3-1-2-4-6(5)12(10,11)8-7/h3-6,8,11,13-14,19-20,23H,1,7,9-10,12H2,2H3;1-4H,(H,8,9)/t13?,14?,19?,20-;/m1./s1. The molecular weight excluding hydrogens is 478 g/mol. The molecule has 5 heterocycles. The minimum atomic E-state index is -3.55. The number of rotatable bonds is 4. The zero-order valence-corrected chi connectivity index (χ0v) is 20.8. The summed E-state index contributed by atoms with van der Waals surface area (Å²) in [6.45, 7) is 6.07. The number of sulfonamides is 1. The third-order valence-electron chi connectivity index (χ3n) is 7.47. The molecule has 1 amide bonds. The van der Waals surface area contributed by atoms with Crippen molar-refractivity contribution in [2.45, 2.75) is 29.9 Å². The smallest absolute Gasteiger partial charge is 0.266 e. The topological polar surface area (TPSA) is 109 Å². The van der Waals surface area contributed by atoms with Crippen molar-refractivity contribution in [3.63, 3.8) is 0 Å². The first kappa shape index (κ1) is 24.4. The zero-order chi connectivity index (χ0) is 25.4. The first-order valence-electron chi connectivity index (χ1n) is 12.0. The van der Waals surface area contributed by atoms with Gasteiger partial charge in [-0.05, 0) is 73.2 Å². The number of carbonyl (C=O) groups is 1. The average Bonchev–Trinajstić information content (AvgIpc) is 3.16. The molecule has 2 N–H and O–H groups in total. The highest BCUT2D eigenvalue weighted by molar-refractivity contribution is 7.90. The number of aliphatic hydroxyl groups is 1. The van der Waals surface area contributed by atoms with Gasteiger partial charge in [0, 0.05) is 24.2 Å². The van der Waals surface area contributed by atoms with Gasteiger partial charge in [0.15, 0.2) is 0 Å². The van der Waals surface area contributed by atoms with Crippen molar-refractivity contribution in [2.75, 3.05) is 20.2 Å². The van der Waals surface area contributed by atoms with Crippen molar-refractivity contribution in [1.82, 2.24) is 14.6 Å². The Kier molecular flexibility index (Phi) is 6.55. The maximum Gasteiger partial charge on any atom is 0.266 e. The number of benzene rings is 2. The van der Waals surface area contributed by atoms with E-state index in [-0.39, 0.29) is 16.5 Å². The van der Waals surface area contributed by atoms with Gasteiger partial charge in [0.2, 0.25) is 0 Å². The number of amides is 1. The van der Waals surface area contributed by atoms with Crippen LogP contribution in [0.15, 0.2) is 72.3 Å². The zero-order valence-electron chi connectivity index (χ0n) is 20.0. The normalized spacial score (nSPS) is 26.3. The maximum atomic E-state index is 11.2. The van der Waals surface area contributed by atoms with Crippen LogP contribution < -0.4 is 9.46 Å². The summed E-state index contributed by atoms with van der Waals surface area (Å²) in [6.07, 6.45) is 5.62. The molecule has 0 aliphatic carbocycles. The Hall–Kier alpha value is -3.27. The molecule has 8 nitrogen and oxygen atoms in total. The average molecular weight is 508 g/mol. The Morgan fingerprint density at radius 3 is 2.75 bits per heavy atom. The summed E-state index contributed by atoms with van der Waals surface area (Å²) in [5.74, 6) is 1.46. The van der Waals surface area contributed by atoms with Crippen LogP contribution in [0.2, 0.25) is 0 Å². The van der Waals surface area contributed by atoms with Gasteiger partial charge in [-0.15, -0.1) is 6.58 Å². The van der Waals surface area contributed by atoms with Crippen LogP contribution in [0.1, 0.15) is 34.9 Å². The highest BCUT2D eigenvalue weighted by atomic mass is 32.2. The fourth-order valence-electron chi connectivity index (χ4n) is 5.56. The van der Waals surface area contributed by atoms with E-state index < -0.39 is 22.0 Å². The Morgan fingerprint density at radius 2 is 2.06 bits per heavy atom. The quantitative estimate of drug-likeness (QED) is 0.522. The summed E-state index contributed by atoms with van der Waals surface area (Å²) >= 11 is 0. The van der Waals surface area contributed by atoms with Crippen LogP contribution in [0.3, 0.4) is 0 Å². The molecule has 9 heteroatoms. The van der Waals surface area contributed by atoms with E-state index >= 15 is 0 Å². The lowest BCUT2D eigenvalue weighted by atomic mass is 9.73. The van der Waals surface area contributed by atoms with Gasteiger partial charge >= 0.3 is 0 Å². The highest BCUT2D eigenvalue weighted by Gasteiger charge is 2.42. The van der Waals surface area contributed by atoms with Crippen LogP contribution in [0, 0.1) is 11.8 Å². The van der Waals surface area contributed by atoms with E-state index in [1.165, 1.54) is 18.6 Å². The van der Waals surface area contributed by atoms with E-state index in [1.807, 2.05) is 29.0 Å². The van der Waals surface area contributed by atoms with E-state index in [0.717, 1.165) is 41.7 Å². The fraction of sp³-hybridized carbons (Fsp3) is 0.333. The van der Waals surface area contributed by atoms with Crippen molar-refractivity contribution in [3.8, 4) is 5.75 Å². The fourth-order valence-corrected chi connectivity index (χ4v) is 6.74. The minimum Gasteiger partial charge on any atom is -0.497 e. The van der Waals surface area contributed by atoms with Gasteiger partial charge in [0.1, 0.15) is 10.6 Å². The molecule has 0 spiro atoms. The van der Waals surface area contributed by atoms with Crippen LogP contribution in [-0.4, -0.2) is 55.6 Å². The first-order chi connectivity index (χ1) is 17.3. The number of aliphatic hydroxyl groups excluding tert-OH is 1. The number of nitrogens with one attached hydrogen (secondary N) is 1. The monoisotopic (exact) mass is 507 g/mol. The molecule has 36 heavy (non-hydrogen) atoms. The Bertz CT molecular complexity index is 1420. The maximum absolute atomic E-state index is 11.2. The lowest BCUT2D eigenvalue weighted by Gasteiger charge is -2.50. The number of aromatic nitrogens is 1. The molecule has 2 bridgehead atoms. The van der Waals surface area contributed by atoms with Gasteiger partial charge in [0.25, 0.3) is 15.9 Å². The largest absolute Gasteiger partial charge is 0.497 e. The Labute approximate surface area is 210 Å². The molecule has 3 saturated heterocycles. The second-order valence-electron chi connectivity index (χ2n) is 9.41. The number of carbonyl (C=O) groups excluding carboxylic acids is 1. The van der Waals surface area contributed by atoms with Gasteiger partial charge in [0.05, 0.1) is 24.3 Å². The van der Waals surface area contributed by atoms with Crippen LogP contribution >= 0.6 is 0 Å². The van der Waals surface area contributed by atoms with E-state index in [4.69, 9.17) is 4.74 Å². The number of hydrogen-bond acceptors (Lipinski definition) is 7. The first-order valence-corrected chi connectivity index (χ1v) is 13.4. The third kappa shape index (κ3) is 4.38. The van der Waals surface area contributed by atoms with Crippen LogP contribution in [0.4, 0.5) is 0 Å². The van der Waals surface area contributed by atoms with Gasteiger partial charge in [-0.2, -0.15) is 0 Å². The van der Waals surface area contributed by atoms with Gasteiger partial charge in [-0.3, -0.25) is 14.7 Å². The predicted octanol–water partition coefficient (Wildman–Crippen LogP) is 3.29. The molecule has 0 saturated carbocycles. The van der Waals surface area contributed by atoms with Crippen molar-refractivity contribution in [2.24, 2.45) is 11.8 Å². The van der Waals surface area contributed by atoms with Gasteiger partial charge in [-0.25, -0.2) is 13.1 Å². The molecule has 3 fully saturated rings. The van der Waals surface area contributed by atoms with E-state index in [0.29, 0.717) is 11.8 Å². The molecule has 0 radical (unpaired) electrons. The summed E-state index contributed by atoms with van der Waals surface area (Å²) in [4.78, 5) is 17.9. The number of fused-ring (bicyclic) bond motifs is 5. The van der Waals surface area contributed by atoms with E-state index in [9.17, 15) is 18.3 Å². The number of piperidine rings is 3. The van der Waals surface area contributed by atoms with Gasteiger partial charge in [-0.1, -0.05) is 18.2 Å². The van der Waals surface area contributed by atoms with Crippen molar-refractivity contribution in [1.29, 1.82) is 0 Å². The molecular formula is C27H29N3O5S. The van der Waals surface area contributed by atoms with E-state index in [1.54, 1.807) is 25.4 Å². The molecule has 7 rings (SSSR count). The molecule has 188 valence electrons. The molecule has 4 aliphatic heterocycles. The van der Waals surface area contributed by atoms with Crippen molar-refractivity contribution >= 4 is 26.8 Å². The Balaban J connectivity index is 0.000000186. The predicted molar refractivity (Wildman–Crippen MR) is 136 cm³/mol. The number of ether oxygens (including phenoxy) is 1. The molecule has 5 atom stereocenters. The summed E-state index contributed by atoms with van der Waals surface area (Å²) in [5, 5.41) is 12.1. The van der Waals surface area contributed by atoms with E-state index in [2.05, 4.69) is 22.5 Å². The number of nitrogens with zero attached hydrogens (tertiary/aromatic N) is 2. The SMILES string of the molecule is C=CC1CN2CCC1CC2[C@H](O)c1ccnc2ccc(OC)cc12.O=C1NS(=O)(=O)c2ccccc21. The van der Waals surface area contributed by atoms with Crippen molar-refractivity contribution in [3.05, 3.63) is 78.5 Å². The van der Waals surface area contributed by atoms with Crippen LogP contribution in [0.25, 0.3) is 10.9 Å². The summed E-state index contributed by atoms with van der Waals surface area (Å²) in [6, 6.07) is 14.0. The molecule has 3 aromatic rings. The Morgan fingerprint density at radius 1 is 1.25 bits per heavy atom. The lowest BCUT2D eigenvalue weighted by molar-refractivity contribution is -0.0444. The molecule has 4 aliphatic rings. The second kappa shape index (κ2) is 9.65. The number of hydrogen-bond donors (Lipinski definition) is 2. The second-order valence-corrected chi connectivity index (χ2v) is 11.1. The highest BCUT2D eigenvalue weighted by Crippen LogP contribution is 2.42. The summed E-state index contributed by atoms with van der Waals surface area (Å²) in [7, 11) is -1.89. The van der Waals surface area contributed by atoms with Crippen LogP contribution in [-0.2, 0) is 10.0 Å². The molecule has 4 unspecified atom stereocenters. The minimum absolute atomic E-state index is 0.0648. The lowest BCUT2D eigenvalue weighted by Crippen LogP contribution is -2.54. The van der Waals surface area contributed by atoms with Crippen LogP contribution in [0.5, 0.6) is 5.75 Å². The third-order valence-corrected chi connectivity index (χ3v) is 8.86. The number of pyridine rings is 1. The molecule has 1 aromatic heterocycles. The number of methoxy groups -OCH3 is 1. The summed E-state index contributed by atoms with van der Waals surface area (Å²) in [5.41, 5.74) is 2.07.